The van der Waals surface area contributed by atoms with Gasteiger partial charge in [-0.3, -0.25) is 0 Å². The minimum absolute atomic E-state index is 0.0402. The normalized spacial score (nSPS) is 19.3. The van der Waals surface area contributed by atoms with E-state index in [4.69, 9.17) is 19.2 Å². The molecule has 0 unspecified atom stereocenters. The van der Waals surface area contributed by atoms with Crippen LogP contribution in [0.25, 0.3) is 11.3 Å². The summed E-state index contributed by atoms with van der Waals surface area (Å²) in [5, 5.41) is 13.9. The number of benzene rings is 2. The highest BCUT2D eigenvalue weighted by Gasteiger charge is 2.43. The van der Waals surface area contributed by atoms with Gasteiger partial charge in [0.15, 0.2) is 0 Å². The number of nitrogens with zero attached hydrogens (tertiary/aromatic N) is 3. The molecule has 0 saturated carbocycles. The Bertz CT molecular complexity index is 1430. The van der Waals surface area contributed by atoms with E-state index < -0.39 is 16.1 Å². The zero-order valence-electron chi connectivity index (χ0n) is 23.3. The van der Waals surface area contributed by atoms with Crippen LogP contribution in [0.5, 0.6) is 11.5 Å². The number of hydrogen-bond donors (Lipinski definition) is 3. The number of rotatable bonds is 11. The van der Waals surface area contributed by atoms with Crippen LogP contribution in [0.1, 0.15) is 19.3 Å². The molecule has 2 fully saturated rings. The van der Waals surface area contributed by atoms with Crippen LogP contribution in [0.3, 0.4) is 0 Å². The molecule has 2 aliphatic heterocycles. The zero-order valence-corrected chi connectivity index (χ0v) is 24.1. The van der Waals surface area contributed by atoms with E-state index in [0.717, 1.165) is 49.4 Å². The predicted molar refractivity (Wildman–Crippen MR) is 155 cm³/mol. The summed E-state index contributed by atoms with van der Waals surface area (Å²) in [6.07, 6.45) is 3.64. The lowest BCUT2D eigenvalue weighted by atomic mass is 9.87. The number of aromatic nitrogens is 2. The van der Waals surface area contributed by atoms with Crippen molar-refractivity contribution in [3.63, 3.8) is 0 Å². The Hall–Kier alpha value is -3.29. The summed E-state index contributed by atoms with van der Waals surface area (Å²) < 4.78 is 43.6. The van der Waals surface area contributed by atoms with Crippen LogP contribution in [0.4, 0.5) is 5.95 Å². The molecule has 0 aliphatic carbocycles. The van der Waals surface area contributed by atoms with E-state index in [1.54, 1.807) is 25.4 Å². The van der Waals surface area contributed by atoms with Gasteiger partial charge >= 0.3 is 0 Å². The summed E-state index contributed by atoms with van der Waals surface area (Å²) in [4.78, 5) is 11.7. The third-order valence-corrected chi connectivity index (χ3v) is 9.06. The highest BCUT2D eigenvalue weighted by Crippen LogP contribution is 2.37. The molecule has 0 radical (unpaired) electrons. The van der Waals surface area contributed by atoms with Gasteiger partial charge in [0.25, 0.3) is 0 Å². The van der Waals surface area contributed by atoms with Crippen LogP contribution in [0.2, 0.25) is 0 Å². The molecule has 1 aromatic heterocycles. The maximum atomic E-state index is 12.0. The lowest BCUT2D eigenvalue weighted by Crippen LogP contribution is -2.45. The van der Waals surface area contributed by atoms with Gasteiger partial charge in [-0.15, -0.1) is 0 Å². The minimum Gasteiger partial charge on any atom is -0.497 e. The van der Waals surface area contributed by atoms with Crippen molar-refractivity contribution in [3.05, 3.63) is 60.8 Å². The summed E-state index contributed by atoms with van der Waals surface area (Å²) >= 11 is 0. The van der Waals surface area contributed by atoms with Gasteiger partial charge < -0.3 is 29.5 Å². The molecule has 41 heavy (non-hydrogen) atoms. The third-order valence-electron chi connectivity index (χ3n) is 7.64. The second-order valence-electron chi connectivity index (χ2n) is 10.4. The van der Waals surface area contributed by atoms with Crippen LogP contribution in [0.15, 0.2) is 65.7 Å². The lowest BCUT2D eigenvalue weighted by molar-refractivity contribution is -0.0152. The van der Waals surface area contributed by atoms with E-state index in [1.165, 1.54) is 19.2 Å². The van der Waals surface area contributed by atoms with Crippen LogP contribution in [0, 0.1) is 0 Å². The zero-order chi connectivity index (χ0) is 28.9. The third kappa shape index (κ3) is 7.14. The molecular weight excluding hydrogens is 546 g/mol. The number of anilines is 1. The molecule has 2 aliphatic rings. The summed E-state index contributed by atoms with van der Waals surface area (Å²) in [5.74, 6) is 1.88. The first kappa shape index (κ1) is 29.2. The van der Waals surface area contributed by atoms with Crippen molar-refractivity contribution in [2.24, 2.45) is 0 Å². The first-order chi connectivity index (χ1) is 19.8. The van der Waals surface area contributed by atoms with Crippen molar-refractivity contribution >= 4 is 16.0 Å². The first-order valence-corrected chi connectivity index (χ1v) is 15.2. The number of ether oxygens (including phenoxy) is 3. The average Bonchev–Trinajstić information content (AvgIpc) is 3.41. The molecule has 3 aromatic rings. The monoisotopic (exact) mass is 583 g/mol. The van der Waals surface area contributed by atoms with Gasteiger partial charge in [0.2, 0.25) is 16.0 Å². The number of nitrogens with one attached hydrogen (secondary N) is 2. The van der Waals surface area contributed by atoms with E-state index in [9.17, 15) is 13.5 Å². The number of sulfonamides is 1. The predicted octanol–water partition coefficient (Wildman–Crippen LogP) is 2.22. The van der Waals surface area contributed by atoms with Crippen LogP contribution >= 0.6 is 0 Å². The van der Waals surface area contributed by atoms with E-state index in [0.29, 0.717) is 24.8 Å². The number of piperidine rings is 1. The van der Waals surface area contributed by atoms with Crippen molar-refractivity contribution < 1.29 is 27.7 Å². The van der Waals surface area contributed by atoms with E-state index in [1.807, 2.05) is 30.3 Å². The second kappa shape index (κ2) is 12.7. The van der Waals surface area contributed by atoms with Gasteiger partial charge in [-0.05, 0) is 56.6 Å². The van der Waals surface area contributed by atoms with Crippen molar-refractivity contribution in [1.82, 2.24) is 20.0 Å². The number of methoxy groups -OCH3 is 1. The molecule has 5 rings (SSSR count). The molecule has 0 amide bonds. The van der Waals surface area contributed by atoms with E-state index in [-0.39, 0.29) is 23.1 Å². The Morgan fingerprint density at radius 1 is 1.15 bits per heavy atom. The number of aliphatic hydroxyl groups is 1. The van der Waals surface area contributed by atoms with Crippen molar-refractivity contribution in [2.45, 2.75) is 41.9 Å². The highest BCUT2D eigenvalue weighted by molar-refractivity contribution is 7.89. The topological polar surface area (TPSA) is 135 Å². The van der Waals surface area contributed by atoms with Gasteiger partial charge in [0.1, 0.15) is 24.2 Å². The number of aliphatic hydroxyl groups excluding tert-OH is 1. The average molecular weight is 584 g/mol. The van der Waals surface area contributed by atoms with Crippen molar-refractivity contribution in [3.8, 4) is 22.8 Å². The largest absolute Gasteiger partial charge is 0.497 e. The molecule has 220 valence electrons. The Kier molecular flexibility index (Phi) is 9.05. The van der Waals surface area contributed by atoms with Crippen LogP contribution in [-0.4, -0.2) is 88.2 Å². The maximum Gasteiger partial charge on any atom is 0.240 e. The molecule has 0 bridgehead atoms. The standard InChI is InChI=1S/C29H37N5O6S/c1-30-41(36,37)26-8-4-7-25(16-26)39-20-23(35)18-32-22-17-29(40-19-22)10-13-34(14-11-29)28-31-12-9-27(33-28)21-5-3-6-24(15-21)38-2/h3-9,12,15-16,22-23,30,32,35H,10-11,13-14,17-20H2,1-2H3/t22-,23+/m1/s1. The van der Waals surface area contributed by atoms with Gasteiger partial charge in [-0.25, -0.2) is 23.1 Å². The quantitative estimate of drug-likeness (QED) is 0.308. The molecule has 2 saturated heterocycles. The summed E-state index contributed by atoms with van der Waals surface area (Å²) in [6, 6.07) is 16.1. The Morgan fingerprint density at radius 3 is 2.71 bits per heavy atom. The lowest BCUT2D eigenvalue weighted by Gasteiger charge is -2.38. The van der Waals surface area contributed by atoms with Crippen molar-refractivity contribution in [2.75, 3.05) is 51.9 Å². The fourth-order valence-electron chi connectivity index (χ4n) is 5.29. The minimum atomic E-state index is -3.56. The SMILES string of the molecule is CNS(=O)(=O)c1cccc(OC[C@@H](O)CN[C@H]2COC3(CCN(c4nccc(-c5cccc(OC)c5)n4)CC3)C2)c1. The molecule has 12 heteroatoms. The first-order valence-electron chi connectivity index (χ1n) is 13.7. The fourth-order valence-corrected chi connectivity index (χ4v) is 6.05. The van der Waals surface area contributed by atoms with Crippen LogP contribution < -0.4 is 24.4 Å². The molecule has 3 heterocycles. The fraction of sp³-hybridized carbons (Fsp3) is 0.448. The Labute approximate surface area is 240 Å². The molecule has 3 N–H and O–H groups in total. The summed E-state index contributed by atoms with van der Waals surface area (Å²) in [6.45, 7) is 2.56. The molecule has 1 spiro atoms. The Balaban J connectivity index is 1.08. The van der Waals surface area contributed by atoms with E-state index >= 15 is 0 Å². The molecule has 11 nitrogen and oxygen atoms in total. The molecule has 2 aromatic carbocycles. The van der Waals surface area contributed by atoms with Gasteiger partial charge in [0.05, 0.1) is 29.9 Å². The maximum absolute atomic E-state index is 12.0. The van der Waals surface area contributed by atoms with E-state index in [2.05, 4.69) is 19.9 Å². The second-order valence-corrected chi connectivity index (χ2v) is 12.3. The van der Waals surface area contributed by atoms with Crippen molar-refractivity contribution in [1.29, 1.82) is 0 Å². The Morgan fingerprint density at radius 2 is 1.93 bits per heavy atom. The van der Waals surface area contributed by atoms with Gasteiger partial charge in [-0.1, -0.05) is 18.2 Å². The smallest absolute Gasteiger partial charge is 0.240 e. The number of hydrogen-bond acceptors (Lipinski definition) is 10. The highest BCUT2D eigenvalue weighted by atomic mass is 32.2. The van der Waals surface area contributed by atoms with Crippen LogP contribution in [-0.2, 0) is 14.8 Å². The van der Waals surface area contributed by atoms with Gasteiger partial charge in [0, 0.05) is 43.5 Å². The summed E-state index contributed by atoms with van der Waals surface area (Å²) in [7, 11) is -0.553. The molecular formula is C29H37N5O6S. The molecule has 2 atom stereocenters. The van der Waals surface area contributed by atoms with Gasteiger partial charge in [-0.2, -0.15) is 0 Å². The summed E-state index contributed by atoms with van der Waals surface area (Å²) in [5.41, 5.74) is 1.64.